The van der Waals surface area contributed by atoms with Gasteiger partial charge in [-0.25, -0.2) is 4.79 Å². The maximum absolute atomic E-state index is 12.4. The number of ether oxygens (including phenoxy) is 1. The Labute approximate surface area is 145 Å². The van der Waals surface area contributed by atoms with Gasteiger partial charge < -0.3 is 4.74 Å². The lowest BCUT2D eigenvalue weighted by molar-refractivity contribution is 0.0692. The van der Waals surface area contributed by atoms with Crippen molar-refractivity contribution in [3.05, 3.63) is 102 Å². The van der Waals surface area contributed by atoms with Gasteiger partial charge in [0.1, 0.15) is 5.76 Å². The summed E-state index contributed by atoms with van der Waals surface area (Å²) < 4.78 is 5.64. The van der Waals surface area contributed by atoms with Gasteiger partial charge in [0, 0.05) is 5.22 Å². The molecule has 0 heterocycles. The van der Waals surface area contributed by atoms with Crippen LogP contribution in [-0.4, -0.2) is 5.97 Å². The summed E-state index contributed by atoms with van der Waals surface area (Å²) in [7, 11) is 0. The Balaban J connectivity index is 1.92. The van der Waals surface area contributed by atoms with Gasteiger partial charge in [-0.05, 0) is 45.8 Å². The number of hydrogen-bond donors (Lipinski definition) is 0. The van der Waals surface area contributed by atoms with E-state index < -0.39 is 0 Å². The molecule has 4 aromatic rings. The predicted octanol–water partition coefficient (Wildman–Crippen LogP) is 4.86. The highest BCUT2D eigenvalue weighted by atomic mass is 16.5. The van der Waals surface area contributed by atoms with Gasteiger partial charge in [-0.1, -0.05) is 67.2 Å². The zero-order valence-corrected chi connectivity index (χ0v) is 13.6. The fourth-order valence-corrected chi connectivity index (χ4v) is 3.15. The van der Waals surface area contributed by atoms with Crippen LogP contribution in [0.5, 0.6) is 0 Å². The van der Waals surface area contributed by atoms with E-state index in [1.54, 1.807) is 18.2 Å². The van der Waals surface area contributed by atoms with Crippen molar-refractivity contribution in [2.75, 3.05) is 0 Å². The summed E-state index contributed by atoms with van der Waals surface area (Å²) in [6, 6.07) is 25.4. The molecule has 0 aliphatic heterocycles. The van der Waals surface area contributed by atoms with Crippen molar-refractivity contribution in [3.8, 4) is 0 Å². The molecule has 0 atom stereocenters. The van der Waals surface area contributed by atoms with Crippen LogP contribution in [0.4, 0.5) is 0 Å². The molecule has 25 heavy (non-hydrogen) atoms. The summed E-state index contributed by atoms with van der Waals surface area (Å²) in [6.07, 6.45) is 1.59. The minimum atomic E-state index is -0.387. The zero-order valence-electron chi connectivity index (χ0n) is 13.6. The van der Waals surface area contributed by atoms with Crippen molar-refractivity contribution in [3.63, 3.8) is 0 Å². The van der Waals surface area contributed by atoms with Gasteiger partial charge in [0.25, 0.3) is 0 Å². The number of hydrogen-bond acceptors (Lipinski definition) is 2. The van der Waals surface area contributed by atoms with Crippen LogP contribution in [0.2, 0.25) is 0 Å². The highest BCUT2D eigenvalue weighted by Crippen LogP contribution is 2.24. The number of carbonyl (C=O) groups is 1. The van der Waals surface area contributed by atoms with E-state index in [4.69, 9.17) is 4.74 Å². The molecule has 4 rings (SSSR count). The van der Waals surface area contributed by atoms with Crippen LogP contribution in [0.1, 0.15) is 10.4 Å². The lowest BCUT2D eigenvalue weighted by Crippen LogP contribution is -2.13. The molecule has 0 radical (unpaired) electrons. The molecule has 0 amide bonds. The quantitative estimate of drug-likeness (QED) is 0.503. The molecule has 0 spiro atoms. The Morgan fingerprint density at radius 3 is 2.20 bits per heavy atom. The minimum absolute atomic E-state index is 0.387. The first-order valence-electron chi connectivity index (χ1n) is 8.12. The number of rotatable bonds is 3. The highest BCUT2D eigenvalue weighted by Gasteiger charge is 2.10. The van der Waals surface area contributed by atoms with Gasteiger partial charge >= 0.3 is 5.97 Å². The molecule has 2 heteroatoms. The summed E-state index contributed by atoms with van der Waals surface area (Å²) in [5.41, 5.74) is 0.515. The molecule has 0 saturated heterocycles. The standard InChI is InChI=1S/C23H16O2/c1-2-21(25-23(24)18-8-4-3-5-9-18)19-15-14-17-11-6-10-16-12-7-13-20(19)22(16)17/h2-15H,1H2. The van der Waals surface area contributed by atoms with Gasteiger partial charge in [0.05, 0.1) is 5.56 Å². The summed E-state index contributed by atoms with van der Waals surface area (Å²) in [5.74, 6) is 0.0783. The second-order valence-corrected chi connectivity index (χ2v) is 5.82. The number of benzene rings is 4. The van der Waals surface area contributed by atoms with Crippen LogP contribution in [0.15, 0.2) is 91.5 Å². The lowest BCUT2D eigenvalue weighted by atomic mass is 9.99. The van der Waals surface area contributed by atoms with E-state index in [0.717, 1.165) is 26.8 Å². The highest BCUT2D eigenvalue weighted by molar-refractivity contribution is 6.10. The normalized spacial score (nSPS) is 12.2. The Bertz CT molecular complexity index is 1120. The molecular formula is C23H16O2. The molecule has 0 aliphatic rings. The Morgan fingerprint density at radius 2 is 1.48 bits per heavy atom. The summed E-state index contributed by atoms with van der Waals surface area (Å²) in [5, 5.41) is 5.40. The third-order valence-electron chi connectivity index (χ3n) is 4.32. The van der Waals surface area contributed by atoms with Crippen molar-refractivity contribution in [2.24, 2.45) is 0 Å². The second kappa shape index (κ2) is 6.25. The van der Waals surface area contributed by atoms with E-state index in [0.29, 0.717) is 11.3 Å². The summed E-state index contributed by atoms with van der Waals surface area (Å²) >= 11 is 0. The maximum Gasteiger partial charge on any atom is 0.343 e. The van der Waals surface area contributed by atoms with Gasteiger partial charge in [-0.15, -0.1) is 0 Å². The molecule has 0 aliphatic carbocycles. The van der Waals surface area contributed by atoms with Crippen LogP contribution >= 0.6 is 0 Å². The molecule has 0 fully saturated rings. The Morgan fingerprint density at radius 1 is 0.800 bits per heavy atom. The molecule has 0 aromatic heterocycles. The molecule has 0 unspecified atom stereocenters. The van der Waals surface area contributed by atoms with E-state index in [9.17, 15) is 4.79 Å². The largest absolute Gasteiger partial charge is 0.422 e. The fraction of sp³-hybridized carbons (Fsp3) is 0. The van der Waals surface area contributed by atoms with Crippen molar-refractivity contribution in [1.82, 2.24) is 0 Å². The molecular weight excluding hydrogens is 308 g/mol. The third kappa shape index (κ3) is 2.68. The van der Waals surface area contributed by atoms with Gasteiger partial charge in [0.15, 0.2) is 0 Å². The van der Waals surface area contributed by atoms with E-state index >= 15 is 0 Å². The van der Waals surface area contributed by atoms with Gasteiger partial charge in [-0.2, -0.15) is 0 Å². The first-order valence-corrected chi connectivity index (χ1v) is 8.12. The third-order valence-corrected chi connectivity index (χ3v) is 4.32. The first-order chi connectivity index (χ1) is 12.3. The average Bonchev–Trinajstić information content (AvgIpc) is 2.68. The van der Waals surface area contributed by atoms with Crippen LogP contribution < -0.4 is 5.22 Å². The van der Waals surface area contributed by atoms with Crippen LogP contribution in [0.25, 0.3) is 27.3 Å². The van der Waals surface area contributed by atoms with Gasteiger partial charge in [0.2, 0.25) is 0 Å². The van der Waals surface area contributed by atoms with Crippen molar-refractivity contribution in [1.29, 1.82) is 0 Å². The molecule has 2 nitrogen and oxygen atoms in total. The molecule has 0 saturated carbocycles. The monoisotopic (exact) mass is 324 g/mol. The SMILES string of the molecule is C=CC(OC(=O)c1ccccc1)=c1ccc2cccc3cccc1c32. The van der Waals surface area contributed by atoms with Crippen LogP contribution in [-0.2, 0) is 4.74 Å². The fourth-order valence-electron chi connectivity index (χ4n) is 3.15. The predicted molar refractivity (Wildman–Crippen MR) is 102 cm³/mol. The van der Waals surface area contributed by atoms with E-state index in [-0.39, 0.29) is 5.97 Å². The van der Waals surface area contributed by atoms with Crippen molar-refractivity contribution in [2.45, 2.75) is 0 Å². The number of esters is 1. The van der Waals surface area contributed by atoms with Crippen LogP contribution in [0.3, 0.4) is 0 Å². The second-order valence-electron chi connectivity index (χ2n) is 5.82. The molecule has 4 aromatic carbocycles. The molecule has 0 N–H and O–H groups in total. The maximum atomic E-state index is 12.4. The molecule has 0 bridgehead atoms. The Hall–Kier alpha value is -3.39. The molecule has 120 valence electrons. The van der Waals surface area contributed by atoms with Crippen molar-refractivity contribution >= 4 is 33.3 Å². The van der Waals surface area contributed by atoms with E-state index in [1.165, 1.54) is 0 Å². The average molecular weight is 324 g/mol. The first kappa shape index (κ1) is 15.2. The van der Waals surface area contributed by atoms with Crippen molar-refractivity contribution < 1.29 is 9.53 Å². The lowest BCUT2D eigenvalue weighted by Gasteiger charge is -2.09. The zero-order chi connectivity index (χ0) is 17.2. The number of carbonyl (C=O) groups excluding carboxylic acids is 1. The topological polar surface area (TPSA) is 26.3 Å². The Kier molecular flexibility index (Phi) is 3.79. The summed E-state index contributed by atoms with van der Waals surface area (Å²) in [6.45, 7) is 3.83. The smallest absolute Gasteiger partial charge is 0.343 e. The van der Waals surface area contributed by atoms with Crippen LogP contribution in [0, 0.1) is 0 Å². The van der Waals surface area contributed by atoms with E-state index in [2.05, 4.69) is 24.8 Å². The van der Waals surface area contributed by atoms with E-state index in [1.807, 2.05) is 48.5 Å². The van der Waals surface area contributed by atoms with Gasteiger partial charge in [-0.3, -0.25) is 0 Å². The minimum Gasteiger partial charge on any atom is -0.422 e. The summed E-state index contributed by atoms with van der Waals surface area (Å²) in [4.78, 5) is 12.4.